The molecule has 2 aromatic rings. The molecule has 0 bridgehead atoms. The molecular formula is C18H16BClN2O5. The minimum absolute atomic E-state index is 0.00324. The molecule has 1 aliphatic heterocycles. The second-order valence-electron chi connectivity index (χ2n) is 6.02. The van der Waals surface area contributed by atoms with E-state index in [4.69, 9.17) is 31.0 Å². The third-order valence-electron chi connectivity index (χ3n) is 3.95. The largest absolute Gasteiger partial charge is 0.491 e. The van der Waals surface area contributed by atoms with Crippen molar-refractivity contribution in [3.05, 3.63) is 40.5 Å². The minimum Gasteiger partial charge on any atom is -0.488 e. The standard InChI is InChI=1S/C18H16BClN2O5/c1-11(23)3-2-6-25-16-8-12(9-21)17(20)22-18(16)27-14-4-5-15-13(7-14)10-26-19(15)24/h4-5,7-8,24H,2-3,6,10H2,1H3. The topological polar surface area (TPSA) is 102 Å². The lowest BCUT2D eigenvalue weighted by Crippen LogP contribution is -2.27. The van der Waals surface area contributed by atoms with Gasteiger partial charge in [-0.2, -0.15) is 10.2 Å². The average molecular weight is 387 g/mol. The summed E-state index contributed by atoms with van der Waals surface area (Å²) in [7, 11) is -0.934. The molecule has 0 aliphatic carbocycles. The van der Waals surface area contributed by atoms with E-state index >= 15 is 0 Å². The Labute approximate surface area is 161 Å². The lowest BCUT2D eigenvalue weighted by atomic mass is 9.80. The number of fused-ring (bicyclic) bond motifs is 1. The zero-order valence-electron chi connectivity index (χ0n) is 14.6. The molecule has 0 spiro atoms. The number of carbonyl (C=O) groups is 1. The van der Waals surface area contributed by atoms with Crippen LogP contribution in [0.15, 0.2) is 24.3 Å². The van der Waals surface area contributed by atoms with E-state index in [0.717, 1.165) is 5.56 Å². The van der Waals surface area contributed by atoms with Crippen molar-refractivity contribution < 1.29 is 23.9 Å². The lowest BCUT2D eigenvalue weighted by molar-refractivity contribution is -0.117. The van der Waals surface area contributed by atoms with Crippen LogP contribution in [0.3, 0.4) is 0 Å². The van der Waals surface area contributed by atoms with E-state index in [1.807, 2.05) is 6.07 Å². The number of hydrogen-bond acceptors (Lipinski definition) is 7. The highest BCUT2D eigenvalue weighted by atomic mass is 35.5. The minimum atomic E-state index is -0.934. The number of pyridine rings is 1. The molecule has 9 heteroatoms. The second kappa shape index (κ2) is 8.40. The predicted octanol–water partition coefficient (Wildman–Crippen LogP) is 2.36. The number of rotatable bonds is 7. The first kappa shape index (κ1) is 19.2. The quantitative estimate of drug-likeness (QED) is 0.443. The van der Waals surface area contributed by atoms with E-state index in [1.54, 1.807) is 18.2 Å². The van der Waals surface area contributed by atoms with Gasteiger partial charge in [-0.3, -0.25) is 0 Å². The summed E-state index contributed by atoms with van der Waals surface area (Å²) in [6.45, 7) is 2.07. The molecule has 0 saturated heterocycles. The maximum absolute atomic E-state index is 11.0. The first-order valence-electron chi connectivity index (χ1n) is 8.31. The molecule has 1 N–H and O–H groups in total. The Balaban J connectivity index is 1.82. The Morgan fingerprint density at radius 1 is 1.48 bits per heavy atom. The smallest absolute Gasteiger partial charge is 0.488 e. The van der Waals surface area contributed by atoms with Crippen LogP contribution in [0.4, 0.5) is 0 Å². The summed E-state index contributed by atoms with van der Waals surface area (Å²) >= 11 is 6.02. The van der Waals surface area contributed by atoms with Crippen LogP contribution in [-0.2, 0) is 16.1 Å². The van der Waals surface area contributed by atoms with Gasteiger partial charge in [0, 0.05) is 12.5 Å². The van der Waals surface area contributed by atoms with Crippen LogP contribution in [0.2, 0.25) is 5.15 Å². The Hall–Kier alpha value is -2.60. The second-order valence-corrected chi connectivity index (χ2v) is 6.38. The maximum Gasteiger partial charge on any atom is 0.491 e. The van der Waals surface area contributed by atoms with Crippen LogP contribution in [0, 0.1) is 11.3 Å². The normalized spacial score (nSPS) is 12.4. The van der Waals surface area contributed by atoms with E-state index in [1.165, 1.54) is 13.0 Å². The molecule has 138 valence electrons. The zero-order chi connectivity index (χ0) is 19.4. The summed E-state index contributed by atoms with van der Waals surface area (Å²) in [4.78, 5) is 15.2. The Bertz CT molecular complexity index is 915. The first-order valence-corrected chi connectivity index (χ1v) is 8.69. The SMILES string of the molecule is CC(=O)CCCOc1cc(C#N)c(Cl)nc1Oc1ccc2c(c1)COB2O. The van der Waals surface area contributed by atoms with Gasteiger partial charge in [0.2, 0.25) is 0 Å². The molecule has 0 amide bonds. The van der Waals surface area contributed by atoms with Crippen molar-refractivity contribution in [1.82, 2.24) is 4.98 Å². The molecule has 1 aliphatic rings. The summed E-state index contributed by atoms with van der Waals surface area (Å²) in [6, 6.07) is 8.52. The monoisotopic (exact) mass is 386 g/mol. The molecule has 3 rings (SSSR count). The Kier molecular flexibility index (Phi) is 5.96. The highest BCUT2D eigenvalue weighted by Gasteiger charge is 2.27. The highest BCUT2D eigenvalue weighted by Crippen LogP contribution is 2.33. The molecule has 0 fully saturated rings. The molecule has 7 nitrogen and oxygen atoms in total. The van der Waals surface area contributed by atoms with Gasteiger partial charge in [-0.05, 0) is 36.5 Å². The Morgan fingerprint density at radius 2 is 2.30 bits per heavy atom. The maximum atomic E-state index is 11.0. The summed E-state index contributed by atoms with van der Waals surface area (Å²) in [6.07, 6.45) is 0.933. The van der Waals surface area contributed by atoms with E-state index in [-0.39, 0.29) is 41.3 Å². The number of carbonyl (C=O) groups excluding carboxylic acids is 1. The number of ketones is 1. The number of nitriles is 1. The lowest BCUT2D eigenvalue weighted by Gasteiger charge is -2.13. The van der Waals surface area contributed by atoms with Crippen molar-refractivity contribution in [2.45, 2.75) is 26.4 Å². The third-order valence-corrected chi connectivity index (χ3v) is 4.24. The van der Waals surface area contributed by atoms with Crippen LogP contribution in [0.1, 0.15) is 30.9 Å². The summed E-state index contributed by atoms with van der Waals surface area (Å²) in [5.41, 5.74) is 1.66. The van der Waals surface area contributed by atoms with E-state index in [2.05, 4.69) is 4.98 Å². The molecule has 27 heavy (non-hydrogen) atoms. The Morgan fingerprint density at radius 3 is 3.04 bits per heavy atom. The number of Topliss-reactive ketones (excluding diaryl/α,β-unsaturated/α-hetero) is 1. The third kappa shape index (κ3) is 4.58. The number of ether oxygens (including phenoxy) is 2. The van der Waals surface area contributed by atoms with Gasteiger partial charge >= 0.3 is 7.12 Å². The van der Waals surface area contributed by atoms with Crippen LogP contribution >= 0.6 is 11.6 Å². The molecule has 0 radical (unpaired) electrons. The summed E-state index contributed by atoms with van der Waals surface area (Å²) in [5, 5.41) is 18.8. The first-order chi connectivity index (χ1) is 13.0. The van der Waals surface area contributed by atoms with E-state index in [0.29, 0.717) is 24.1 Å². The van der Waals surface area contributed by atoms with Crippen molar-refractivity contribution in [2.24, 2.45) is 0 Å². The molecule has 0 atom stereocenters. The van der Waals surface area contributed by atoms with E-state index < -0.39 is 7.12 Å². The number of hydrogen-bond donors (Lipinski definition) is 1. The van der Waals surface area contributed by atoms with Crippen LogP contribution in [0.5, 0.6) is 17.4 Å². The molecule has 2 heterocycles. The number of benzene rings is 1. The summed E-state index contributed by atoms with van der Waals surface area (Å²) in [5.74, 6) is 0.912. The highest BCUT2D eigenvalue weighted by molar-refractivity contribution is 6.61. The van der Waals surface area contributed by atoms with Crippen LogP contribution < -0.4 is 14.9 Å². The van der Waals surface area contributed by atoms with Gasteiger partial charge in [0.25, 0.3) is 5.88 Å². The molecule has 0 unspecified atom stereocenters. The zero-order valence-corrected chi connectivity index (χ0v) is 15.3. The van der Waals surface area contributed by atoms with Gasteiger partial charge < -0.3 is 23.9 Å². The number of aromatic nitrogens is 1. The van der Waals surface area contributed by atoms with Gasteiger partial charge in [-0.1, -0.05) is 17.7 Å². The van der Waals surface area contributed by atoms with Crippen molar-refractivity contribution >= 4 is 30.0 Å². The fourth-order valence-corrected chi connectivity index (χ4v) is 2.77. The molecule has 1 aromatic carbocycles. The fourth-order valence-electron chi connectivity index (χ4n) is 2.60. The predicted molar refractivity (Wildman–Crippen MR) is 98.3 cm³/mol. The van der Waals surface area contributed by atoms with Gasteiger partial charge in [0.15, 0.2) is 10.9 Å². The van der Waals surface area contributed by atoms with Crippen molar-refractivity contribution in [3.63, 3.8) is 0 Å². The van der Waals surface area contributed by atoms with Gasteiger partial charge in [0.05, 0.1) is 18.8 Å². The van der Waals surface area contributed by atoms with Crippen molar-refractivity contribution in [1.29, 1.82) is 5.26 Å². The molecule has 0 saturated carbocycles. The molecule has 1 aromatic heterocycles. The van der Waals surface area contributed by atoms with Gasteiger partial charge in [0.1, 0.15) is 17.6 Å². The summed E-state index contributed by atoms with van der Waals surface area (Å²) < 4.78 is 16.6. The fraction of sp³-hybridized carbons (Fsp3) is 0.278. The number of nitrogens with zero attached hydrogens (tertiary/aromatic N) is 2. The average Bonchev–Trinajstić information content (AvgIpc) is 3.00. The van der Waals surface area contributed by atoms with Crippen LogP contribution in [-0.4, -0.2) is 29.5 Å². The van der Waals surface area contributed by atoms with Crippen molar-refractivity contribution in [2.75, 3.05) is 6.61 Å². The number of halogens is 1. The van der Waals surface area contributed by atoms with E-state index in [9.17, 15) is 9.82 Å². The van der Waals surface area contributed by atoms with Gasteiger partial charge in [-0.15, -0.1) is 0 Å². The van der Waals surface area contributed by atoms with Gasteiger partial charge in [-0.25, -0.2) is 0 Å². The van der Waals surface area contributed by atoms with Crippen molar-refractivity contribution in [3.8, 4) is 23.4 Å². The van der Waals surface area contributed by atoms with Crippen LogP contribution in [0.25, 0.3) is 0 Å². The molecular weight excluding hydrogens is 370 g/mol.